The zero-order valence-electron chi connectivity index (χ0n) is 11.1. The van der Waals surface area contributed by atoms with Crippen molar-refractivity contribution in [2.24, 2.45) is 0 Å². The lowest BCUT2D eigenvalue weighted by Gasteiger charge is -2.06. The van der Waals surface area contributed by atoms with E-state index < -0.39 is 5.97 Å². The van der Waals surface area contributed by atoms with Gasteiger partial charge in [0, 0.05) is 16.7 Å². The average Bonchev–Trinajstić information content (AvgIpc) is 3.10. The third kappa shape index (κ3) is 3.10. The molecular formula is C14H21NO2S. The summed E-state index contributed by atoms with van der Waals surface area (Å²) in [6.45, 7) is 4.40. The third-order valence-corrected chi connectivity index (χ3v) is 4.90. The minimum Gasteiger partial charge on any atom is -0.481 e. The number of aromatic nitrogens is 1. The lowest BCUT2D eigenvalue weighted by atomic mass is 10.1. The van der Waals surface area contributed by atoms with Crippen molar-refractivity contribution in [3.8, 4) is 0 Å². The van der Waals surface area contributed by atoms with E-state index in [1.54, 1.807) is 11.3 Å². The fraction of sp³-hybridized carbons (Fsp3) is 0.714. The van der Waals surface area contributed by atoms with Gasteiger partial charge < -0.3 is 5.11 Å². The van der Waals surface area contributed by atoms with Crippen LogP contribution in [0.25, 0.3) is 0 Å². The molecule has 1 heterocycles. The van der Waals surface area contributed by atoms with Gasteiger partial charge in [-0.15, -0.1) is 11.3 Å². The van der Waals surface area contributed by atoms with Gasteiger partial charge in [-0.25, -0.2) is 4.98 Å². The molecule has 0 saturated heterocycles. The maximum Gasteiger partial charge on any atom is 0.303 e. The molecule has 1 aliphatic carbocycles. The second kappa shape index (κ2) is 5.83. The summed E-state index contributed by atoms with van der Waals surface area (Å²) in [6, 6.07) is 0. The van der Waals surface area contributed by atoms with Crippen LogP contribution in [0.3, 0.4) is 0 Å². The zero-order valence-corrected chi connectivity index (χ0v) is 11.9. The second-order valence-electron chi connectivity index (χ2n) is 5.04. The number of rotatable bonds is 7. The number of hydrogen-bond donors (Lipinski definition) is 1. The van der Waals surface area contributed by atoms with Gasteiger partial charge >= 0.3 is 5.97 Å². The number of carboxylic acids is 1. The van der Waals surface area contributed by atoms with Crippen LogP contribution in [0.5, 0.6) is 0 Å². The number of carboxylic acid groups (broad SMARTS) is 1. The summed E-state index contributed by atoms with van der Waals surface area (Å²) in [5, 5.41) is 10.0. The van der Waals surface area contributed by atoms with Gasteiger partial charge in [0.05, 0.1) is 17.1 Å². The molecule has 18 heavy (non-hydrogen) atoms. The first kappa shape index (κ1) is 13.5. The summed E-state index contributed by atoms with van der Waals surface area (Å²) in [5.41, 5.74) is 1.21. The Morgan fingerprint density at radius 2 is 2.11 bits per heavy atom. The van der Waals surface area contributed by atoms with Gasteiger partial charge in [0.1, 0.15) is 0 Å². The van der Waals surface area contributed by atoms with Crippen LogP contribution in [0.1, 0.15) is 73.4 Å². The van der Waals surface area contributed by atoms with E-state index in [0.29, 0.717) is 18.3 Å². The quantitative estimate of drug-likeness (QED) is 0.814. The van der Waals surface area contributed by atoms with Crippen LogP contribution in [0, 0.1) is 0 Å². The van der Waals surface area contributed by atoms with E-state index in [9.17, 15) is 4.79 Å². The zero-order chi connectivity index (χ0) is 13.1. The van der Waals surface area contributed by atoms with Crippen molar-refractivity contribution in [2.75, 3.05) is 0 Å². The molecule has 0 unspecified atom stereocenters. The van der Waals surface area contributed by atoms with Gasteiger partial charge in [-0.3, -0.25) is 4.79 Å². The summed E-state index contributed by atoms with van der Waals surface area (Å²) in [5.74, 6) is 0.452. The highest BCUT2D eigenvalue weighted by Gasteiger charge is 2.30. The third-order valence-electron chi connectivity index (χ3n) is 3.61. The normalized spacial score (nSPS) is 15.3. The van der Waals surface area contributed by atoms with Crippen LogP contribution >= 0.6 is 11.3 Å². The Balaban J connectivity index is 2.17. The summed E-state index contributed by atoms with van der Waals surface area (Å²) in [6.07, 6.45) is 5.57. The molecule has 0 amide bonds. The van der Waals surface area contributed by atoms with Crippen LogP contribution in [-0.2, 0) is 11.2 Å². The van der Waals surface area contributed by atoms with Crippen molar-refractivity contribution in [3.63, 3.8) is 0 Å². The molecule has 2 rings (SSSR count). The van der Waals surface area contributed by atoms with Crippen molar-refractivity contribution >= 4 is 17.3 Å². The minimum absolute atomic E-state index is 0.226. The van der Waals surface area contributed by atoms with Gasteiger partial charge in [0.2, 0.25) is 0 Å². The maximum atomic E-state index is 10.7. The largest absolute Gasteiger partial charge is 0.481 e. The molecule has 100 valence electrons. The monoisotopic (exact) mass is 267 g/mol. The van der Waals surface area contributed by atoms with Gasteiger partial charge in [-0.1, -0.05) is 13.8 Å². The first-order valence-corrected chi connectivity index (χ1v) is 7.68. The minimum atomic E-state index is -0.714. The van der Waals surface area contributed by atoms with E-state index in [2.05, 4.69) is 13.8 Å². The molecule has 0 atom stereocenters. The predicted octanol–water partition coefficient (Wildman–Crippen LogP) is 3.94. The van der Waals surface area contributed by atoms with Crippen LogP contribution in [0.15, 0.2) is 0 Å². The first-order chi connectivity index (χ1) is 8.65. The van der Waals surface area contributed by atoms with Crippen molar-refractivity contribution in [3.05, 3.63) is 15.6 Å². The average molecular weight is 267 g/mol. The Hall–Kier alpha value is -0.900. The molecule has 1 aromatic rings. The molecular weight excluding hydrogens is 246 g/mol. The van der Waals surface area contributed by atoms with E-state index in [-0.39, 0.29) is 6.42 Å². The van der Waals surface area contributed by atoms with E-state index in [1.807, 2.05) is 0 Å². The number of carbonyl (C=O) groups is 1. The number of nitrogens with zero attached hydrogens (tertiary/aromatic N) is 1. The number of aryl methyl sites for hydroxylation is 1. The van der Waals surface area contributed by atoms with E-state index in [4.69, 9.17) is 10.1 Å². The molecule has 1 N–H and O–H groups in total. The van der Waals surface area contributed by atoms with Crippen LogP contribution in [-0.4, -0.2) is 16.1 Å². The van der Waals surface area contributed by atoms with Crippen molar-refractivity contribution in [1.82, 2.24) is 4.98 Å². The topological polar surface area (TPSA) is 50.2 Å². The molecule has 1 aliphatic rings. The molecule has 0 aromatic carbocycles. The summed E-state index contributed by atoms with van der Waals surface area (Å²) in [7, 11) is 0. The lowest BCUT2D eigenvalue weighted by molar-refractivity contribution is -0.136. The molecule has 0 radical (unpaired) electrons. The van der Waals surface area contributed by atoms with Crippen LogP contribution < -0.4 is 0 Å². The lowest BCUT2D eigenvalue weighted by Crippen LogP contribution is -1.98. The summed E-state index contributed by atoms with van der Waals surface area (Å²) < 4.78 is 0. The number of thiazole rings is 1. The molecule has 1 aromatic heterocycles. The molecule has 4 heteroatoms. The first-order valence-electron chi connectivity index (χ1n) is 6.86. The Labute approximate surface area is 112 Å². The van der Waals surface area contributed by atoms with Crippen LogP contribution in [0.4, 0.5) is 0 Å². The number of hydrogen-bond acceptors (Lipinski definition) is 3. The van der Waals surface area contributed by atoms with Gasteiger partial charge in [0.15, 0.2) is 0 Å². The Bertz CT molecular complexity index is 419. The fourth-order valence-electron chi connectivity index (χ4n) is 2.27. The van der Waals surface area contributed by atoms with Crippen molar-refractivity contribution in [1.29, 1.82) is 0 Å². The second-order valence-corrected chi connectivity index (χ2v) is 6.16. The Morgan fingerprint density at radius 1 is 1.44 bits per heavy atom. The standard InChI is InChI=1S/C14H21NO2S/c1-3-9(4-2)14-15-13(10-5-6-10)11(18-14)7-8-12(16)17/h9-10H,3-8H2,1-2H3,(H,16,17). The van der Waals surface area contributed by atoms with Crippen molar-refractivity contribution in [2.45, 2.75) is 64.2 Å². The smallest absolute Gasteiger partial charge is 0.303 e. The van der Waals surface area contributed by atoms with Gasteiger partial charge in [-0.2, -0.15) is 0 Å². The van der Waals surface area contributed by atoms with E-state index in [0.717, 1.165) is 12.8 Å². The summed E-state index contributed by atoms with van der Waals surface area (Å²) >= 11 is 1.75. The molecule has 0 bridgehead atoms. The van der Waals surface area contributed by atoms with E-state index >= 15 is 0 Å². The highest BCUT2D eigenvalue weighted by molar-refractivity contribution is 7.11. The van der Waals surface area contributed by atoms with Crippen molar-refractivity contribution < 1.29 is 9.90 Å². The highest BCUT2D eigenvalue weighted by Crippen LogP contribution is 2.44. The van der Waals surface area contributed by atoms with Gasteiger partial charge in [0.25, 0.3) is 0 Å². The SMILES string of the molecule is CCC(CC)c1nc(C2CC2)c(CCC(=O)O)s1. The fourth-order valence-corrected chi connectivity index (χ4v) is 3.69. The molecule has 0 spiro atoms. The Morgan fingerprint density at radius 3 is 2.61 bits per heavy atom. The van der Waals surface area contributed by atoms with Crippen LogP contribution in [0.2, 0.25) is 0 Å². The predicted molar refractivity (Wildman–Crippen MR) is 73.4 cm³/mol. The molecule has 0 aliphatic heterocycles. The Kier molecular flexibility index (Phi) is 4.38. The maximum absolute atomic E-state index is 10.7. The summed E-state index contributed by atoms with van der Waals surface area (Å²) in [4.78, 5) is 16.7. The number of aliphatic carboxylic acids is 1. The highest BCUT2D eigenvalue weighted by atomic mass is 32.1. The van der Waals surface area contributed by atoms with Gasteiger partial charge in [-0.05, 0) is 32.1 Å². The van der Waals surface area contributed by atoms with E-state index in [1.165, 1.54) is 28.4 Å². The molecule has 3 nitrogen and oxygen atoms in total. The molecule has 1 fully saturated rings. The molecule has 1 saturated carbocycles.